The first-order valence-electron chi connectivity index (χ1n) is 12.6. The SMILES string of the molecule is CC(=O)NC(c1ccc(C)cc1)(c1ccc2c(c1)c(Cc1cccc(Cl)c1)cc1nnnn12)c1cncn1C. The van der Waals surface area contributed by atoms with E-state index >= 15 is 0 Å². The van der Waals surface area contributed by atoms with E-state index in [-0.39, 0.29) is 5.91 Å². The highest BCUT2D eigenvalue weighted by atomic mass is 35.5. The standard InChI is InChI=1S/C30H26ClN7O/c1-19-7-9-23(10-8-19)30(33-20(2)39,28-17-32-18-37(28)3)24-11-12-27-26(16-24)22(15-29-34-35-36-38(27)29)13-21-5-4-6-25(31)14-21/h4-12,14-18H,13H2,1-3H3,(H,33,39). The molecule has 3 aromatic heterocycles. The first kappa shape index (κ1) is 24.8. The van der Waals surface area contributed by atoms with Gasteiger partial charge in [-0.2, -0.15) is 4.52 Å². The van der Waals surface area contributed by atoms with Crippen LogP contribution in [-0.4, -0.2) is 35.5 Å². The van der Waals surface area contributed by atoms with Crippen LogP contribution in [0.1, 0.15) is 40.4 Å². The molecule has 0 aliphatic rings. The maximum absolute atomic E-state index is 12.8. The molecule has 0 saturated carbocycles. The van der Waals surface area contributed by atoms with Crippen molar-refractivity contribution >= 4 is 34.1 Å². The van der Waals surface area contributed by atoms with Gasteiger partial charge in [-0.05, 0) is 76.4 Å². The number of amides is 1. The summed E-state index contributed by atoms with van der Waals surface area (Å²) in [5.41, 5.74) is 6.41. The number of nitrogens with zero attached hydrogens (tertiary/aromatic N) is 6. The van der Waals surface area contributed by atoms with E-state index in [1.807, 2.05) is 54.9 Å². The fraction of sp³-hybridized carbons (Fsp3) is 0.167. The Morgan fingerprint density at radius 2 is 1.82 bits per heavy atom. The van der Waals surface area contributed by atoms with Crippen LogP contribution >= 0.6 is 11.6 Å². The highest BCUT2D eigenvalue weighted by molar-refractivity contribution is 6.30. The summed E-state index contributed by atoms with van der Waals surface area (Å²) in [6.45, 7) is 3.58. The second-order valence-corrected chi connectivity index (χ2v) is 10.3. The number of halogens is 1. The van der Waals surface area contributed by atoms with E-state index in [4.69, 9.17) is 11.6 Å². The Morgan fingerprint density at radius 3 is 2.54 bits per heavy atom. The van der Waals surface area contributed by atoms with E-state index in [9.17, 15) is 4.79 Å². The van der Waals surface area contributed by atoms with Gasteiger partial charge in [-0.15, -0.1) is 5.10 Å². The van der Waals surface area contributed by atoms with E-state index in [1.165, 1.54) is 6.92 Å². The highest BCUT2D eigenvalue weighted by Gasteiger charge is 2.40. The van der Waals surface area contributed by atoms with Gasteiger partial charge in [0, 0.05) is 24.4 Å². The molecule has 6 aromatic rings. The maximum Gasteiger partial charge on any atom is 0.218 e. The third kappa shape index (κ3) is 4.32. The molecule has 0 fully saturated rings. The van der Waals surface area contributed by atoms with Gasteiger partial charge in [0.25, 0.3) is 0 Å². The van der Waals surface area contributed by atoms with Gasteiger partial charge < -0.3 is 9.88 Å². The molecule has 3 aromatic carbocycles. The Balaban J connectivity index is 1.66. The Kier molecular flexibility index (Phi) is 6.12. The summed E-state index contributed by atoms with van der Waals surface area (Å²) in [4.78, 5) is 17.2. The largest absolute Gasteiger partial charge is 0.337 e. The molecule has 0 radical (unpaired) electrons. The van der Waals surface area contributed by atoms with Crippen LogP contribution in [0.4, 0.5) is 0 Å². The maximum atomic E-state index is 12.8. The molecule has 194 valence electrons. The molecular weight excluding hydrogens is 510 g/mol. The lowest BCUT2D eigenvalue weighted by Gasteiger charge is -2.36. The van der Waals surface area contributed by atoms with Crippen LogP contribution in [0.2, 0.25) is 5.02 Å². The predicted molar refractivity (Wildman–Crippen MR) is 151 cm³/mol. The van der Waals surface area contributed by atoms with Crippen LogP contribution < -0.4 is 5.32 Å². The van der Waals surface area contributed by atoms with Crippen LogP contribution in [0.3, 0.4) is 0 Å². The predicted octanol–water partition coefficient (Wildman–Crippen LogP) is 4.99. The van der Waals surface area contributed by atoms with Crippen molar-refractivity contribution in [3.63, 3.8) is 0 Å². The van der Waals surface area contributed by atoms with Gasteiger partial charge >= 0.3 is 0 Å². The lowest BCUT2D eigenvalue weighted by Crippen LogP contribution is -2.48. The number of tetrazole rings is 1. The molecule has 6 rings (SSSR count). The average Bonchev–Trinajstić information content (AvgIpc) is 3.57. The fourth-order valence-corrected chi connectivity index (χ4v) is 5.58. The second kappa shape index (κ2) is 9.63. The monoisotopic (exact) mass is 535 g/mol. The number of imidazole rings is 1. The molecule has 8 nitrogen and oxygen atoms in total. The Bertz CT molecular complexity index is 1840. The molecule has 1 amide bonds. The summed E-state index contributed by atoms with van der Waals surface area (Å²) in [5, 5.41) is 17.3. The minimum atomic E-state index is -0.998. The van der Waals surface area contributed by atoms with Gasteiger partial charge in [-0.3, -0.25) is 4.79 Å². The summed E-state index contributed by atoms with van der Waals surface area (Å²) in [5.74, 6) is -0.160. The molecule has 1 unspecified atom stereocenters. The molecule has 9 heteroatoms. The molecule has 39 heavy (non-hydrogen) atoms. The first-order chi connectivity index (χ1) is 18.8. The normalized spacial score (nSPS) is 13.0. The topological polar surface area (TPSA) is 90.0 Å². The van der Waals surface area contributed by atoms with Crippen molar-refractivity contribution in [2.75, 3.05) is 0 Å². The zero-order valence-corrected chi connectivity index (χ0v) is 22.5. The van der Waals surface area contributed by atoms with Crippen molar-refractivity contribution in [3.05, 3.63) is 124 Å². The third-order valence-electron chi connectivity index (χ3n) is 7.13. The minimum absolute atomic E-state index is 0.160. The number of fused-ring (bicyclic) bond motifs is 3. The van der Waals surface area contributed by atoms with Crippen LogP contribution in [0, 0.1) is 6.92 Å². The van der Waals surface area contributed by atoms with E-state index < -0.39 is 5.54 Å². The minimum Gasteiger partial charge on any atom is -0.337 e. The molecule has 0 aliphatic carbocycles. The van der Waals surface area contributed by atoms with E-state index in [1.54, 1.807) is 17.0 Å². The number of pyridine rings is 1. The molecule has 3 heterocycles. The summed E-state index contributed by atoms with van der Waals surface area (Å²) < 4.78 is 3.67. The highest BCUT2D eigenvalue weighted by Crippen LogP contribution is 2.39. The zero-order valence-electron chi connectivity index (χ0n) is 21.8. The number of carbonyl (C=O) groups excluding carboxylic acids is 1. The Hall–Kier alpha value is -4.56. The van der Waals surface area contributed by atoms with E-state index in [0.29, 0.717) is 17.1 Å². The lowest BCUT2D eigenvalue weighted by atomic mass is 9.78. The van der Waals surface area contributed by atoms with E-state index in [0.717, 1.165) is 44.4 Å². The van der Waals surface area contributed by atoms with Crippen LogP contribution in [0.25, 0.3) is 16.6 Å². The Labute approximate surface area is 230 Å². The summed E-state index contributed by atoms with van der Waals surface area (Å²) in [6.07, 6.45) is 4.18. The van der Waals surface area contributed by atoms with Gasteiger partial charge in [0.15, 0.2) is 5.65 Å². The summed E-state index contributed by atoms with van der Waals surface area (Å²) in [6, 6.07) is 24.2. The quantitative estimate of drug-likeness (QED) is 0.324. The molecule has 0 spiro atoms. The van der Waals surface area contributed by atoms with Crippen molar-refractivity contribution in [2.45, 2.75) is 25.8 Å². The fourth-order valence-electron chi connectivity index (χ4n) is 5.37. The van der Waals surface area contributed by atoms with Crippen LogP contribution in [0.15, 0.2) is 85.3 Å². The number of hydrogen-bond donors (Lipinski definition) is 1. The smallest absolute Gasteiger partial charge is 0.218 e. The van der Waals surface area contributed by atoms with E-state index in [2.05, 4.69) is 62.2 Å². The van der Waals surface area contributed by atoms with Crippen molar-refractivity contribution < 1.29 is 4.79 Å². The first-order valence-corrected chi connectivity index (χ1v) is 12.9. The number of carbonyl (C=O) groups is 1. The molecule has 1 N–H and O–H groups in total. The lowest BCUT2D eigenvalue weighted by molar-refractivity contribution is -0.120. The average molecular weight is 536 g/mol. The van der Waals surface area contributed by atoms with Crippen molar-refractivity contribution in [1.29, 1.82) is 0 Å². The molecule has 0 aliphatic heterocycles. The number of hydrogen-bond acceptors (Lipinski definition) is 5. The zero-order chi connectivity index (χ0) is 27.1. The van der Waals surface area contributed by atoms with Gasteiger partial charge in [-0.25, -0.2) is 4.98 Å². The summed E-state index contributed by atoms with van der Waals surface area (Å²) in [7, 11) is 1.93. The van der Waals surface area contributed by atoms with Crippen molar-refractivity contribution in [1.82, 2.24) is 34.9 Å². The third-order valence-corrected chi connectivity index (χ3v) is 7.37. The number of rotatable bonds is 6. The number of nitrogens with one attached hydrogen (secondary N) is 1. The number of benzene rings is 3. The van der Waals surface area contributed by atoms with Gasteiger partial charge in [0.1, 0.15) is 5.54 Å². The van der Waals surface area contributed by atoms with Gasteiger partial charge in [0.2, 0.25) is 5.91 Å². The molecule has 1 atom stereocenters. The number of aryl methyl sites for hydroxylation is 2. The summed E-state index contributed by atoms with van der Waals surface area (Å²) >= 11 is 6.31. The Morgan fingerprint density at radius 1 is 1.03 bits per heavy atom. The van der Waals surface area contributed by atoms with Gasteiger partial charge in [-0.1, -0.05) is 59.6 Å². The van der Waals surface area contributed by atoms with Crippen molar-refractivity contribution in [3.8, 4) is 0 Å². The van der Waals surface area contributed by atoms with Gasteiger partial charge in [0.05, 0.1) is 23.7 Å². The van der Waals surface area contributed by atoms with Crippen LogP contribution in [0.5, 0.6) is 0 Å². The van der Waals surface area contributed by atoms with Crippen molar-refractivity contribution in [2.24, 2.45) is 7.05 Å². The molecular formula is C30H26ClN7O. The number of aromatic nitrogens is 6. The molecule has 0 saturated heterocycles. The van der Waals surface area contributed by atoms with Crippen LogP contribution in [-0.2, 0) is 23.8 Å². The second-order valence-electron chi connectivity index (χ2n) is 9.84. The molecule has 0 bridgehead atoms.